The van der Waals surface area contributed by atoms with Gasteiger partial charge in [-0.05, 0) is 91.3 Å². The van der Waals surface area contributed by atoms with Crippen molar-refractivity contribution in [3.8, 4) is 0 Å². The SMILES string of the molecule is CC(C)CCC[C@@H](C)[C@H]1CC[C@H]2[C@@H]3C(O)C=C4C[C@@H](O[C@@H]5[C@@H](O)[C@H](O)[C@@H](CO)O[C@H]5O)CC[C@]4(C)[C@H]3CC[C@]12C. The van der Waals surface area contributed by atoms with Gasteiger partial charge in [-0.3, -0.25) is 0 Å². The molecule has 4 fully saturated rings. The fourth-order valence-corrected chi connectivity index (χ4v) is 10.2. The number of ether oxygens (including phenoxy) is 2. The highest BCUT2D eigenvalue weighted by Crippen LogP contribution is 2.67. The minimum absolute atomic E-state index is 0.0217. The van der Waals surface area contributed by atoms with E-state index in [0.29, 0.717) is 29.6 Å². The topological polar surface area (TPSA) is 120 Å². The minimum Gasteiger partial charge on any atom is -0.394 e. The summed E-state index contributed by atoms with van der Waals surface area (Å²) in [7, 11) is 0. The van der Waals surface area contributed by atoms with Gasteiger partial charge in [-0.25, -0.2) is 0 Å². The van der Waals surface area contributed by atoms with Crippen LogP contribution in [0.5, 0.6) is 0 Å². The van der Waals surface area contributed by atoms with Crippen LogP contribution in [0.4, 0.5) is 0 Å². The van der Waals surface area contributed by atoms with Gasteiger partial charge >= 0.3 is 0 Å². The molecule has 14 atom stereocenters. The van der Waals surface area contributed by atoms with Gasteiger partial charge in [0.25, 0.3) is 0 Å². The molecule has 0 aromatic heterocycles. The number of rotatable bonds is 8. The number of hydrogen-bond acceptors (Lipinski definition) is 7. The lowest BCUT2D eigenvalue weighted by molar-refractivity contribution is -0.304. The van der Waals surface area contributed by atoms with Crippen molar-refractivity contribution < 1.29 is 35.0 Å². The van der Waals surface area contributed by atoms with Gasteiger partial charge in [0.2, 0.25) is 0 Å². The van der Waals surface area contributed by atoms with Crippen LogP contribution in [-0.4, -0.2) is 75.1 Å². The molecule has 4 aliphatic carbocycles. The zero-order chi connectivity index (χ0) is 29.0. The van der Waals surface area contributed by atoms with E-state index in [-0.39, 0.29) is 11.5 Å². The second kappa shape index (κ2) is 11.9. The fraction of sp³-hybridized carbons (Fsp3) is 0.939. The number of aliphatic hydroxyl groups excluding tert-OH is 5. The standard InChI is InChI=1S/C33H56O7/c1-18(2)7-6-8-19(3)22-9-10-23-27-24(12-14-33(22,23)5)32(4)13-11-21(15-20(32)16-25(27)35)39-30-29(37)28(36)26(17-34)40-31(30)38/h16,18-19,21-31,34-38H,6-15,17H2,1-5H3/t19-,21+,22-,23+,24+,25?,26-,27+,28-,29+,30-,31-,32+,33-/m1/s1. The Bertz CT molecular complexity index is 907. The second-order valence-corrected chi connectivity index (χ2v) is 15.1. The third-order valence-corrected chi connectivity index (χ3v) is 12.5. The summed E-state index contributed by atoms with van der Waals surface area (Å²) in [5, 5.41) is 52.3. The maximum Gasteiger partial charge on any atom is 0.184 e. The Morgan fingerprint density at radius 1 is 0.950 bits per heavy atom. The van der Waals surface area contributed by atoms with Crippen LogP contribution < -0.4 is 0 Å². The van der Waals surface area contributed by atoms with Gasteiger partial charge in [0.15, 0.2) is 6.29 Å². The summed E-state index contributed by atoms with van der Waals surface area (Å²) in [6.45, 7) is 11.6. The zero-order valence-corrected chi connectivity index (χ0v) is 25.4. The highest BCUT2D eigenvalue weighted by molar-refractivity contribution is 5.28. The predicted molar refractivity (Wildman–Crippen MR) is 153 cm³/mol. The molecular formula is C33H56O7. The largest absolute Gasteiger partial charge is 0.394 e. The van der Waals surface area contributed by atoms with Crippen LogP contribution in [0.25, 0.3) is 0 Å². The van der Waals surface area contributed by atoms with Gasteiger partial charge in [0.05, 0.1) is 18.8 Å². The van der Waals surface area contributed by atoms with Gasteiger partial charge in [-0.2, -0.15) is 0 Å². The van der Waals surface area contributed by atoms with Gasteiger partial charge < -0.3 is 35.0 Å². The molecule has 5 rings (SSSR count). The molecule has 1 saturated heterocycles. The van der Waals surface area contributed by atoms with Crippen molar-refractivity contribution in [3.63, 3.8) is 0 Å². The van der Waals surface area contributed by atoms with E-state index in [1.54, 1.807) is 0 Å². The van der Waals surface area contributed by atoms with E-state index in [1.165, 1.54) is 44.1 Å². The van der Waals surface area contributed by atoms with E-state index >= 15 is 0 Å². The maximum atomic E-state index is 11.7. The van der Waals surface area contributed by atoms with Crippen molar-refractivity contribution in [1.29, 1.82) is 0 Å². The van der Waals surface area contributed by atoms with Gasteiger partial charge in [-0.15, -0.1) is 0 Å². The fourth-order valence-electron chi connectivity index (χ4n) is 10.2. The molecular weight excluding hydrogens is 508 g/mol. The summed E-state index contributed by atoms with van der Waals surface area (Å²) in [6.07, 6.45) is 6.48. The third-order valence-electron chi connectivity index (χ3n) is 12.5. The van der Waals surface area contributed by atoms with Crippen LogP contribution in [0.1, 0.15) is 98.8 Å². The van der Waals surface area contributed by atoms with Crippen molar-refractivity contribution in [1.82, 2.24) is 0 Å². The van der Waals surface area contributed by atoms with E-state index in [4.69, 9.17) is 9.47 Å². The molecule has 0 spiro atoms. The van der Waals surface area contributed by atoms with Crippen LogP contribution in [0.3, 0.4) is 0 Å². The molecule has 7 heteroatoms. The lowest BCUT2D eigenvalue weighted by Gasteiger charge is -2.59. The van der Waals surface area contributed by atoms with Gasteiger partial charge in [0, 0.05) is 0 Å². The molecule has 1 unspecified atom stereocenters. The molecule has 0 aromatic carbocycles. The molecule has 230 valence electrons. The molecule has 0 radical (unpaired) electrons. The third kappa shape index (κ3) is 5.35. The van der Waals surface area contributed by atoms with Crippen LogP contribution >= 0.6 is 0 Å². The second-order valence-electron chi connectivity index (χ2n) is 15.1. The zero-order valence-electron chi connectivity index (χ0n) is 25.4. The van der Waals surface area contributed by atoms with Crippen LogP contribution in [0.15, 0.2) is 11.6 Å². The van der Waals surface area contributed by atoms with E-state index in [2.05, 4.69) is 40.7 Å². The molecule has 5 aliphatic rings. The molecule has 5 N–H and O–H groups in total. The highest BCUT2D eigenvalue weighted by atomic mass is 16.7. The molecule has 0 amide bonds. The Labute approximate surface area is 241 Å². The molecule has 3 saturated carbocycles. The van der Waals surface area contributed by atoms with Gasteiger partial charge in [-0.1, -0.05) is 65.5 Å². The maximum absolute atomic E-state index is 11.7. The Balaban J connectivity index is 1.28. The first-order valence-corrected chi connectivity index (χ1v) is 16.3. The van der Waals surface area contributed by atoms with Gasteiger partial charge in [0.1, 0.15) is 24.4 Å². The lowest BCUT2D eigenvalue weighted by atomic mass is 9.46. The molecule has 0 bridgehead atoms. The summed E-state index contributed by atoms with van der Waals surface area (Å²) in [6, 6.07) is 0. The molecule has 0 aromatic rings. The van der Waals surface area contributed by atoms with E-state index in [9.17, 15) is 25.5 Å². The molecule has 1 heterocycles. The Morgan fingerprint density at radius 3 is 2.40 bits per heavy atom. The predicted octanol–water partition coefficient (Wildman–Crippen LogP) is 4.18. The van der Waals surface area contributed by atoms with E-state index < -0.39 is 43.4 Å². The van der Waals surface area contributed by atoms with E-state index in [1.807, 2.05) is 0 Å². The van der Waals surface area contributed by atoms with Crippen LogP contribution in [-0.2, 0) is 9.47 Å². The number of hydrogen-bond donors (Lipinski definition) is 5. The monoisotopic (exact) mass is 564 g/mol. The summed E-state index contributed by atoms with van der Waals surface area (Å²) in [5.74, 6) is 3.58. The first kappa shape index (κ1) is 30.9. The quantitative estimate of drug-likeness (QED) is 0.281. The minimum atomic E-state index is -1.42. The summed E-state index contributed by atoms with van der Waals surface area (Å²) < 4.78 is 11.5. The molecule has 7 nitrogen and oxygen atoms in total. The molecule has 1 aliphatic heterocycles. The van der Waals surface area contributed by atoms with E-state index in [0.717, 1.165) is 37.0 Å². The number of fused-ring (bicyclic) bond motifs is 5. The summed E-state index contributed by atoms with van der Waals surface area (Å²) in [5.41, 5.74) is 1.57. The smallest absolute Gasteiger partial charge is 0.184 e. The lowest BCUT2D eigenvalue weighted by Crippen LogP contribution is -2.60. The average molecular weight is 565 g/mol. The van der Waals surface area contributed by atoms with Crippen molar-refractivity contribution in [2.45, 2.75) is 142 Å². The van der Waals surface area contributed by atoms with Crippen molar-refractivity contribution in [2.75, 3.05) is 6.61 Å². The average Bonchev–Trinajstić information content (AvgIpc) is 3.26. The first-order chi connectivity index (χ1) is 18.9. The Morgan fingerprint density at radius 2 is 1.70 bits per heavy atom. The van der Waals surface area contributed by atoms with Crippen molar-refractivity contribution in [2.24, 2.45) is 46.3 Å². The summed E-state index contributed by atoms with van der Waals surface area (Å²) >= 11 is 0. The molecule has 40 heavy (non-hydrogen) atoms. The van der Waals surface area contributed by atoms with Crippen molar-refractivity contribution in [3.05, 3.63) is 11.6 Å². The van der Waals surface area contributed by atoms with Crippen LogP contribution in [0, 0.1) is 46.3 Å². The highest BCUT2D eigenvalue weighted by Gasteiger charge is 2.61. The van der Waals surface area contributed by atoms with Crippen LogP contribution in [0.2, 0.25) is 0 Å². The Hall–Kier alpha value is -0.540. The van der Waals surface area contributed by atoms with Crippen molar-refractivity contribution >= 4 is 0 Å². The Kier molecular flexibility index (Phi) is 9.16. The summed E-state index contributed by atoms with van der Waals surface area (Å²) in [4.78, 5) is 0. The number of aliphatic hydroxyl groups is 5. The first-order valence-electron chi connectivity index (χ1n) is 16.3. The normalized spacial score (nSPS) is 49.7.